The molecule has 0 radical (unpaired) electrons. The van der Waals surface area contributed by atoms with E-state index < -0.39 is 0 Å². The minimum Gasteiger partial charge on any atom is -0.398 e. The highest BCUT2D eigenvalue weighted by Crippen LogP contribution is 2.28. The SMILES string of the molecule is CC(C)N1C(=O)c2cccc(N)c2C1=O. The van der Waals surface area contributed by atoms with Crippen LogP contribution in [0.1, 0.15) is 34.6 Å². The summed E-state index contributed by atoms with van der Waals surface area (Å²) in [5.74, 6) is -0.541. The van der Waals surface area contributed by atoms with Crippen molar-refractivity contribution in [3.05, 3.63) is 29.3 Å². The Bertz CT molecular complexity index is 452. The summed E-state index contributed by atoms with van der Waals surface area (Å²) in [5.41, 5.74) is 6.81. The van der Waals surface area contributed by atoms with Gasteiger partial charge in [-0.15, -0.1) is 0 Å². The summed E-state index contributed by atoms with van der Waals surface area (Å²) in [5, 5.41) is 0. The van der Waals surface area contributed by atoms with E-state index in [4.69, 9.17) is 5.73 Å². The summed E-state index contributed by atoms with van der Waals surface area (Å²) in [6, 6.07) is 4.81. The molecule has 1 aromatic carbocycles. The number of rotatable bonds is 1. The zero-order chi connectivity index (χ0) is 11.2. The van der Waals surface area contributed by atoms with Crippen LogP contribution >= 0.6 is 0 Å². The molecule has 0 fully saturated rings. The molecule has 2 rings (SSSR count). The third-order valence-electron chi connectivity index (χ3n) is 2.49. The number of hydrogen-bond acceptors (Lipinski definition) is 3. The second-order valence-electron chi connectivity index (χ2n) is 3.84. The molecule has 1 aliphatic rings. The van der Waals surface area contributed by atoms with Crippen molar-refractivity contribution in [2.75, 3.05) is 5.73 Å². The predicted octanol–water partition coefficient (Wildman–Crippen LogP) is 1.27. The maximum Gasteiger partial charge on any atom is 0.263 e. The molecule has 0 spiro atoms. The van der Waals surface area contributed by atoms with Gasteiger partial charge in [-0.2, -0.15) is 0 Å². The van der Waals surface area contributed by atoms with Gasteiger partial charge in [0.25, 0.3) is 11.8 Å². The zero-order valence-electron chi connectivity index (χ0n) is 8.65. The van der Waals surface area contributed by atoms with Crippen LogP contribution in [0.2, 0.25) is 0 Å². The van der Waals surface area contributed by atoms with Gasteiger partial charge >= 0.3 is 0 Å². The number of anilines is 1. The van der Waals surface area contributed by atoms with E-state index in [2.05, 4.69) is 0 Å². The zero-order valence-corrected chi connectivity index (χ0v) is 8.65. The highest BCUT2D eigenvalue weighted by Gasteiger charge is 2.38. The van der Waals surface area contributed by atoms with Gasteiger partial charge in [0.15, 0.2) is 0 Å². The Labute approximate surface area is 87.7 Å². The van der Waals surface area contributed by atoms with Gasteiger partial charge in [-0.25, -0.2) is 0 Å². The Morgan fingerprint density at radius 3 is 2.40 bits per heavy atom. The van der Waals surface area contributed by atoms with Crippen molar-refractivity contribution in [3.8, 4) is 0 Å². The molecule has 1 aliphatic heterocycles. The number of benzene rings is 1. The van der Waals surface area contributed by atoms with E-state index in [1.807, 2.05) is 0 Å². The summed E-state index contributed by atoms with van der Waals surface area (Å²) in [4.78, 5) is 25.0. The van der Waals surface area contributed by atoms with Gasteiger partial charge < -0.3 is 5.73 Å². The molecule has 2 N–H and O–H groups in total. The maximum absolute atomic E-state index is 11.9. The van der Waals surface area contributed by atoms with E-state index in [-0.39, 0.29) is 17.9 Å². The van der Waals surface area contributed by atoms with E-state index in [9.17, 15) is 9.59 Å². The van der Waals surface area contributed by atoms with E-state index in [0.29, 0.717) is 16.8 Å². The lowest BCUT2D eigenvalue weighted by molar-refractivity contribution is 0.0609. The third-order valence-corrected chi connectivity index (χ3v) is 2.49. The lowest BCUT2D eigenvalue weighted by Crippen LogP contribution is -2.36. The van der Waals surface area contributed by atoms with Crippen molar-refractivity contribution in [3.63, 3.8) is 0 Å². The molecule has 78 valence electrons. The Morgan fingerprint density at radius 1 is 1.20 bits per heavy atom. The third kappa shape index (κ3) is 1.21. The number of hydrogen-bond donors (Lipinski definition) is 1. The average molecular weight is 204 g/mol. The second kappa shape index (κ2) is 3.08. The molecule has 1 aromatic rings. The van der Waals surface area contributed by atoms with E-state index >= 15 is 0 Å². The van der Waals surface area contributed by atoms with Crippen molar-refractivity contribution in [1.82, 2.24) is 4.90 Å². The van der Waals surface area contributed by atoms with E-state index in [1.165, 1.54) is 4.90 Å². The fourth-order valence-corrected chi connectivity index (χ4v) is 1.80. The van der Waals surface area contributed by atoms with Gasteiger partial charge in [0, 0.05) is 11.7 Å². The standard InChI is InChI=1S/C11H12N2O2/c1-6(2)13-10(14)7-4-3-5-8(12)9(7)11(13)15/h3-6H,12H2,1-2H3. The topological polar surface area (TPSA) is 63.4 Å². The molecular weight excluding hydrogens is 192 g/mol. The molecule has 0 aliphatic carbocycles. The van der Waals surface area contributed by atoms with E-state index in [1.54, 1.807) is 32.0 Å². The number of nitrogens with zero attached hydrogens (tertiary/aromatic N) is 1. The van der Waals surface area contributed by atoms with Crippen molar-refractivity contribution in [2.24, 2.45) is 0 Å². The summed E-state index contributed by atoms with van der Waals surface area (Å²) >= 11 is 0. The molecule has 0 saturated carbocycles. The number of imide groups is 1. The number of amides is 2. The average Bonchev–Trinajstić information content (AvgIpc) is 2.40. The molecule has 0 aromatic heterocycles. The van der Waals surface area contributed by atoms with Gasteiger partial charge in [0.2, 0.25) is 0 Å². The minimum absolute atomic E-state index is 0.142. The molecular formula is C11H12N2O2. The maximum atomic E-state index is 11.9. The fraction of sp³-hybridized carbons (Fsp3) is 0.273. The van der Waals surface area contributed by atoms with Gasteiger partial charge in [-0.3, -0.25) is 14.5 Å². The van der Waals surface area contributed by atoms with Crippen molar-refractivity contribution in [1.29, 1.82) is 0 Å². The first-order valence-corrected chi connectivity index (χ1v) is 4.80. The Balaban J connectivity index is 2.61. The van der Waals surface area contributed by atoms with Crippen LogP contribution in [0, 0.1) is 0 Å². The van der Waals surface area contributed by atoms with E-state index in [0.717, 1.165) is 0 Å². The molecule has 1 heterocycles. The second-order valence-corrected chi connectivity index (χ2v) is 3.84. The lowest BCUT2D eigenvalue weighted by atomic mass is 10.1. The number of carbonyl (C=O) groups is 2. The molecule has 15 heavy (non-hydrogen) atoms. The summed E-state index contributed by atoms with van der Waals surface area (Å²) in [6.45, 7) is 3.61. The first-order valence-electron chi connectivity index (χ1n) is 4.80. The molecule has 4 heteroatoms. The summed E-state index contributed by atoms with van der Waals surface area (Å²) in [6.07, 6.45) is 0. The summed E-state index contributed by atoms with van der Waals surface area (Å²) < 4.78 is 0. The van der Waals surface area contributed by atoms with Gasteiger partial charge in [-0.1, -0.05) is 6.07 Å². The van der Waals surface area contributed by atoms with Crippen molar-refractivity contribution >= 4 is 17.5 Å². The number of carbonyl (C=O) groups excluding carboxylic acids is 2. The number of fused-ring (bicyclic) bond motifs is 1. The fourth-order valence-electron chi connectivity index (χ4n) is 1.80. The molecule has 2 amide bonds. The first kappa shape index (κ1) is 9.71. The van der Waals surface area contributed by atoms with Gasteiger partial charge in [0.1, 0.15) is 0 Å². The van der Waals surface area contributed by atoms with Gasteiger partial charge in [-0.05, 0) is 26.0 Å². The number of nitrogen functional groups attached to an aromatic ring is 1. The monoisotopic (exact) mass is 204 g/mol. The Morgan fingerprint density at radius 2 is 1.87 bits per heavy atom. The smallest absolute Gasteiger partial charge is 0.263 e. The van der Waals surface area contributed by atoms with Crippen LogP contribution in [0.3, 0.4) is 0 Å². The van der Waals surface area contributed by atoms with Crippen LogP contribution in [0.4, 0.5) is 5.69 Å². The molecule has 0 bridgehead atoms. The van der Waals surface area contributed by atoms with Crippen molar-refractivity contribution in [2.45, 2.75) is 19.9 Å². The minimum atomic E-state index is -0.289. The summed E-state index contributed by atoms with van der Waals surface area (Å²) in [7, 11) is 0. The van der Waals surface area contributed by atoms with Crippen LogP contribution in [0.25, 0.3) is 0 Å². The largest absolute Gasteiger partial charge is 0.398 e. The van der Waals surface area contributed by atoms with Gasteiger partial charge in [0.05, 0.1) is 11.1 Å². The van der Waals surface area contributed by atoms with Crippen LogP contribution in [0.5, 0.6) is 0 Å². The highest BCUT2D eigenvalue weighted by molar-refractivity contribution is 6.23. The van der Waals surface area contributed by atoms with Crippen LogP contribution < -0.4 is 5.73 Å². The molecule has 0 unspecified atom stereocenters. The molecule has 0 atom stereocenters. The normalized spacial score (nSPS) is 15.0. The highest BCUT2D eigenvalue weighted by atomic mass is 16.2. The molecule has 4 nitrogen and oxygen atoms in total. The quantitative estimate of drug-likeness (QED) is 0.553. The Hall–Kier alpha value is -1.84. The Kier molecular flexibility index (Phi) is 2.00. The lowest BCUT2D eigenvalue weighted by Gasteiger charge is -2.17. The van der Waals surface area contributed by atoms with Crippen molar-refractivity contribution < 1.29 is 9.59 Å². The molecule has 0 saturated heterocycles. The predicted molar refractivity (Wildman–Crippen MR) is 56.5 cm³/mol. The number of nitrogens with two attached hydrogens (primary N) is 1. The first-order chi connectivity index (χ1) is 7.04. The van der Waals surface area contributed by atoms with Crippen LogP contribution in [-0.2, 0) is 0 Å². The van der Waals surface area contributed by atoms with Crippen LogP contribution in [0.15, 0.2) is 18.2 Å². The van der Waals surface area contributed by atoms with Crippen LogP contribution in [-0.4, -0.2) is 22.8 Å².